The van der Waals surface area contributed by atoms with Crippen molar-refractivity contribution in [2.75, 3.05) is 32.4 Å². The summed E-state index contributed by atoms with van der Waals surface area (Å²) in [6.07, 6.45) is 1.24. The molecule has 0 bridgehead atoms. The Hall–Kier alpha value is 0.0500. The minimum atomic E-state index is 0. The quantitative estimate of drug-likeness (QED) is 0.439. The Morgan fingerprint density at radius 1 is 1.57 bits per heavy atom. The summed E-state index contributed by atoms with van der Waals surface area (Å²) in [7, 11) is 1.89. The van der Waals surface area contributed by atoms with E-state index >= 15 is 0 Å². The van der Waals surface area contributed by atoms with Crippen LogP contribution in [-0.2, 0) is 0 Å². The maximum atomic E-state index is 4.46. The lowest BCUT2D eigenvalue weighted by molar-refractivity contribution is 0.407. The molecule has 0 aromatic carbocycles. The standard InChI is InChI=1S/C15H25N3S2.HI/c1-4-14-10-18(6-8-20-14)15(16-3)17-9-12(2)13-5-7-19-11-13;/h5,7,11-12,14H,4,6,8-10H2,1-3H3,(H,16,17);1H. The number of aliphatic imine (C=N–C) groups is 1. The first-order valence-corrected chi connectivity index (χ1v) is 9.33. The second-order valence-corrected chi connectivity index (χ2v) is 7.42. The minimum absolute atomic E-state index is 0. The highest BCUT2D eigenvalue weighted by Gasteiger charge is 2.21. The van der Waals surface area contributed by atoms with Gasteiger partial charge in [0.05, 0.1) is 0 Å². The van der Waals surface area contributed by atoms with Crippen molar-refractivity contribution in [1.29, 1.82) is 0 Å². The van der Waals surface area contributed by atoms with Crippen LogP contribution >= 0.6 is 47.1 Å². The Labute approximate surface area is 154 Å². The zero-order valence-electron chi connectivity index (χ0n) is 13.0. The van der Waals surface area contributed by atoms with Crippen molar-refractivity contribution in [1.82, 2.24) is 10.2 Å². The van der Waals surface area contributed by atoms with Gasteiger partial charge in [0.15, 0.2) is 5.96 Å². The van der Waals surface area contributed by atoms with Gasteiger partial charge in [-0.25, -0.2) is 0 Å². The molecule has 1 N–H and O–H groups in total. The molecule has 0 spiro atoms. The molecule has 6 heteroatoms. The van der Waals surface area contributed by atoms with Crippen molar-refractivity contribution >= 4 is 53.0 Å². The van der Waals surface area contributed by atoms with E-state index < -0.39 is 0 Å². The van der Waals surface area contributed by atoms with E-state index in [4.69, 9.17) is 0 Å². The van der Waals surface area contributed by atoms with Crippen molar-refractivity contribution in [2.45, 2.75) is 31.4 Å². The molecule has 2 unspecified atom stereocenters. The summed E-state index contributed by atoms with van der Waals surface area (Å²) in [6, 6.07) is 2.21. The third-order valence-electron chi connectivity index (χ3n) is 3.78. The number of thiophene rings is 1. The summed E-state index contributed by atoms with van der Waals surface area (Å²) in [5.74, 6) is 2.80. The number of hydrogen-bond acceptors (Lipinski definition) is 3. The number of guanidine groups is 1. The molecule has 3 nitrogen and oxygen atoms in total. The average Bonchev–Trinajstić information content (AvgIpc) is 3.02. The molecule has 2 heterocycles. The SMILES string of the molecule is CCC1CN(C(=NC)NCC(C)c2ccsc2)CCS1.I. The van der Waals surface area contributed by atoms with E-state index in [1.54, 1.807) is 11.3 Å². The van der Waals surface area contributed by atoms with Gasteiger partial charge >= 0.3 is 0 Å². The highest BCUT2D eigenvalue weighted by molar-refractivity contribution is 14.0. The van der Waals surface area contributed by atoms with Crippen LogP contribution in [0.1, 0.15) is 31.7 Å². The zero-order chi connectivity index (χ0) is 14.4. The Bertz CT molecular complexity index is 423. The first kappa shape index (κ1) is 19.1. The maximum Gasteiger partial charge on any atom is 0.193 e. The normalized spacial score (nSPS) is 20.8. The molecule has 1 aliphatic heterocycles. The van der Waals surface area contributed by atoms with E-state index in [2.05, 4.69) is 57.6 Å². The van der Waals surface area contributed by atoms with E-state index in [1.165, 1.54) is 17.7 Å². The molecule has 0 amide bonds. The van der Waals surface area contributed by atoms with Gasteiger partial charge in [-0.15, -0.1) is 24.0 Å². The van der Waals surface area contributed by atoms with Crippen molar-refractivity contribution < 1.29 is 0 Å². The number of rotatable bonds is 4. The predicted octanol–water partition coefficient (Wildman–Crippen LogP) is 3.87. The van der Waals surface area contributed by atoms with Gasteiger partial charge in [0.2, 0.25) is 0 Å². The fourth-order valence-electron chi connectivity index (χ4n) is 2.41. The van der Waals surface area contributed by atoms with E-state index in [0.29, 0.717) is 5.92 Å². The second-order valence-electron chi connectivity index (χ2n) is 5.23. The van der Waals surface area contributed by atoms with Gasteiger partial charge in [-0.1, -0.05) is 13.8 Å². The molecule has 1 saturated heterocycles. The topological polar surface area (TPSA) is 27.6 Å². The summed E-state index contributed by atoms with van der Waals surface area (Å²) in [5, 5.41) is 8.67. The molecule has 1 fully saturated rings. The minimum Gasteiger partial charge on any atom is -0.356 e. The van der Waals surface area contributed by atoms with Crippen LogP contribution in [0.15, 0.2) is 21.8 Å². The van der Waals surface area contributed by atoms with Crippen LogP contribution in [-0.4, -0.2) is 48.5 Å². The largest absolute Gasteiger partial charge is 0.356 e. The van der Waals surface area contributed by atoms with Gasteiger partial charge in [0.25, 0.3) is 0 Å². The number of nitrogens with one attached hydrogen (secondary N) is 1. The van der Waals surface area contributed by atoms with E-state index in [-0.39, 0.29) is 24.0 Å². The van der Waals surface area contributed by atoms with Crippen LogP contribution in [0.4, 0.5) is 0 Å². The zero-order valence-corrected chi connectivity index (χ0v) is 17.0. The Morgan fingerprint density at radius 3 is 3.00 bits per heavy atom. The van der Waals surface area contributed by atoms with E-state index in [0.717, 1.165) is 30.8 Å². The molecule has 0 saturated carbocycles. The summed E-state index contributed by atoms with van der Waals surface area (Å²) < 4.78 is 0. The van der Waals surface area contributed by atoms with Crippen molar-refractivity contribution in [3.8, 4) is 0 Å². The highest BCUT2D eigenvalue weighted by atomic mass is 127. The molecule has 21 heavy (non-hydrogen) atoms. The smallest absolute Gasteiger partial charge is 0.193 e. The molecular weight excluding hydrogens is 413 g/mol. The summed E-state index contributed by atoms with van der Waals surface area (Å²) in [6.45, 7) is 7.71. The molecule has 1 aromatic heterocycles. The number of halogens is 1. The van der Waals surface area contributed by atoms with Gasteiger partial charge < -0.3 is 10.2 Å². The second kappa shape index (κ2) is 9.94. The number of thioether (sulfide) groups is 1. The molecule has 120 valence electrons. The van der Waals surface area contributed by atoms with Crippen LogP contribution in [0.5, 0.6) is 0 Å². The molecule has 0 aliphatic carbocycles. The van der Waals surface area contributed by atoms with E-state index in [1.807, 2.05) is 7.05 Å². The van der Waals surface area contributed by atoms with Gasteiger partial charge in [-0.2, -0.15) is 23.1 Å². The third kappa shape index (κ3) is 5.63. The molecule has 1 aliphatic rings. The van der Waals surface area contributed by atoms with Crippen LogP contribution in [0.25, 0.3) is 0 Å². The Morgan fingerprint density at radius 2 is 2.38 bits per heavy atom. The molecule has 1 aromatic rings. The monoisotopic (exact) mass is 439 g/mol. The molecule has 2 rings (SSSR count). The lowest BCUT2D eigenvalue weighted by atomic mass is 10.1. The summed E-state index contributed by atoms with van der Waals surface area (Å²) >= 11 is 3.86. The van der Waals surface area contributed by atoms with Crippen LogP contribution in [0, 0.1) is 0 Å². The molecular formula is C15H26IN3S2. The van der Waals surface area contributed by atoms with Gasteiger partial charge in [0, 0.05) is 37.7 Å². The highest BCUT2D eigenvalue weighted by Crippen LogP contribution is 2.21. The fourth-order valence-corrected chi connectivity index (χ4v) is 4.37. The predicted molar refractivity (Wildman–Crippen MR) is 108 cm³/mol. The van der Waals surface area contributed by atoms with Gasteiger partial charge in [-0.05, 0) is 34.7 Å². The van der Waals surface area contributed by atoms with Crippen molar-refractivity contribution in [3.63, 3.8) is 0 Å². The summed E-state index contributed by atoms with van der Waals surface area (Å²) in [5.41, 5.74) is 1.42. The van der Waals surface area contributed by atoms with Crippen molar-refractivity contribution in [3.05, 3.63) is 22.4 Å². The Balaban J connectivity index is 0.00000220. The maximum absolute atomic E-state index is 4.46. The summed E-state index contributed by atoms with van der Waals surface area (Å²) in [4.78, 5) is 6.87. The van der Waals surface area contributed by atoms with Crippen LogP contribution in [0.2, 0.25) is 0 Å². The third-order valence-corrected chi connectivity index (χ3v) is 5.86. The Kier molecular flexibility index (Phi) is 9.04. The fraction of sp³-hybridized carbons (Fsp3) is 0.667. The van der Waals surface area contributed by atoms with Crippen LogP contribution in [0.3, 0.4) is 0 Å². The van der Waals surface area contributed by atoms with Gasteiger partial charge in [-0.3, -0.25) is 4.99 Å². The van der Waals surface area contributed by atoms with Crippen LogP contribution < -0.4 is 5.32 Å². The lowest BCUT2D eigenvalue weighted by Crippen LogP contribution is -2.48. The number of nitrogens with zero attached hydrogens (tertiary/aromatic N) is 2. The molecule has 0 radical (unpaired) electrons. The number of hydrogen-bond donors (Lipinski definition) is 1. The average molecular weight is 439 g/mol. The molecule has 2 atom stereocenters. The lowest BCUT2D eigenvalue weighted by Gasteiger charge is -2.34. The van der Waals surface area contributed by atoms with E-state index in [9.17, 15) is 0 Å². The first-order valence-electron chi connectivity index (χ1n) is 7.33. The van der Waals surface area contributed by atoms with Crippen molar-refractivity contribution in [2.24, 2.45) is 4.99 Å². The first-order chi connectivity index (χ1) is 9.74. The van der Waals surface area contributed by atoms with Gasteiger partial charge in [0.1, 0.15) is 0 Å².